The van der Waals surface area contributed by atoms with Gasteiger partial charge < -0.3 is 35.0 Å². The highest BCUT2D eigenvalue weighted by atomic mass is 16.5. The van der Waals surface area contributed by atoms with Gasteiger partial charge in [-0.25, -0.2) is 0 Å². The average Bonchev–Trinajstić information content (AvgIpc) is 3.34. The number of fused-ring (bicyclic) bond motifs is 3. The zero-order valence-corrected chi connectivity index (χ0v) is 22.3. The van der Waals surface area contributed by atoms with Gasteiger partial charge in [-0.2, -0.15) is 0 Å². The predicted octanol–water partition coefficient (Wildman–Crippen LogP) is 2.11. The first-order valence-electron chi connectivity index (χ1n) is 13.1. The third kappa shape index (κ3) is 5.85. The van der Waals surface area contributed by atoms with E-state index in [0.29, 0.717) is 34.6 Å². The van der Waals surface area contributed by atoms with Crippen molar-refractivity contribution in [1.29, 1.82) is 0 Å². The number of carbonyl (C=O) groups excluding carboxylic acids is 2. The topological polar surface area (TPSA) is 129 Å². The monoisotopic (exact) mass is 536 g/mol. The van der Waals surface area contributed by atoms with E-state index in [4.69, 9.17) is 9.47 Å². The fourth-order valence-corrected chi connectivity index (χ4v) is 5.24. The van der Waals surface area contributed by atoms with Crippen molar-refractivity contribution in [2.24, 2.45) is 0 Å². The standard InChI is InChI=1S/C30H36N2O7/c1-4-5-6-25(35)32(16-19-9-7-18(2)8-10-19)23-15-22(30(37)31-11-12-33)26-21-13-20(17-34)14-24(38-3)28(21)39-29(26)27(23)36/h4,7-10,13-15,23,26-27,29,33-34,36H,1,5-6,11-12,16-17H2,2-3H3,(H,31,37). The highest BCUT2D eigenvalue weighted by Crippen LogP contribution is 2.51. The number of aliphatic hydroxyl groups is 3. The third-order valence-corrected chi connectivity index (χ3v) is 7.21. The van der Waals surface area contributed by atoms with Gasteiger partial charge in [0.25, 0.3) is 0 Å². The molecule has 2 aromatic rings. The molecule has 4 N–H and O–H groups in total. The Labute approximate surface area is 228 Å². The molecule has 0 radical (unpaired) electrons. The van der Waals surface area contributed by atoms with E-state index in [-0.39, 0.29) is 38.6 Å². The Kier molecular flexibility index (Phi) is 9.06. The molecule has 208 valence electrons. The number of methoxy groups -OCH3 is 1. The van der Waals surface area contributed by atoms with E-state index < -0.39 is 30.1 Å². The van der Waals surface area contributed by atoms with Crippen LogP contribution in [0.1, 0.15) is 41.0 Å². The second kappa shape index (κ2) is 12.5. The molecule has 0 bridgehead atoms. The number of ether oxygens (including phenoxy) is 2. The molecule has 0 saturated heterocycles. The maximum absolute atomic E-state index is 13.5. The zero-order chi connectivity index (χ0) is 28.1. The molecule has 2 aliphatic rings. The first-order valence-corrected chi connectivity index (χ1v) is 13.1. The Morgan fingerprint density at radius 2 is 1.92 bits per heavy atom. The van der Waals surface area contributed by atoms with Crippen LogP contribution >= 0.6 is 0 Å². The number of allylic oxidation sites excluding steroid dienone is 1. The van der Waals surface area contributed by atoms with Crippen molar-refractivity contribution in [3.8, 4) is 11.5 Å². The average molecular weight is 537 g/mol. The Morgan fingerprint density at radius 1 is 1.18 bits per heavy atom. The highest BCUT2D eigenvalue weighted by molar-refractivity contribution is 5.96. The van der Waals surface area contributed by atoms with Crippen LogP contribution in [0.3, 0.4) is 0 Å². The minimum absolute atomic E-state index is 0.0415. The molecule has 0 spiro atoms. The second-order valence-electron chi connectivity index (χ2n) is 9.85. The number of carbonyl (C=O) groups is 2. The van der Waals surface area contributed by atoms with E-state index in [2.05, 4.69) is 11.9 Å². The van der Waals surface area contributed by atoms with Crippen molar-refractivity contribution in [3.05, 3.63) is 83.0 Å². The van der Waals surface area contributed by atoms with Crippen molar-refractivity contribution < 1.29 is 34.4 Å². The van der Waals surface area contributed by atoms with E-state index in [1.807, 2.05) is 31.2 Å². The number of amides is 2. The SMILES string of the molecule is C=CCCC(=O)N(Cc1ccc(C)cc1)C1C=C(C(=O)NCCO)C2c3cc(CO)cc(OC)c3OC2C1O. The Morgan fingerprint density at radius 3 is 2.56 bits per heavy atom. The molecule has 0 fully saturated rings. The maximum Gasteiger partial charge on any atom is 0.247 e. The summed E-state index contributed by atoms with van der Waals surface area (Å²) < 4.78 is 11.8. The Bertz CT molecular complexity index is 1240. The predicted molar refractivity (Wildman–Crippen MR) is 145 cm³/mol. The van der Waals surface area contributed by atoms with Gasteiger partial charge in [0.05, 0.1) is 32.3 Å². The van der Waals surface area contributed by atoms with E-state index in [9.17, 15) is 24.9 Å². The number of aryl methyl sites for hydroxylation is 1. The normalized spacial score (nSPS) is 21.2. The molecule has 9 heteroatoms. The third-order valence-electron chi connectivity index (χ3n) is 7.21. The lowest BCUT2D eigenvalue weighted by Crippen LogP contribution is -2.55. The molecule has 4 rings (SSSR count). The highest BCUT2D eigenvalue weighted by Gasteiger charge is 2.51. The van der Waals surface area contributed by atoms with Crippen LogP contribution in [-0.2, 0) is 22.7 Å². The van der Waals surface area contributed by atoms with Gasteiger partial charge in [0.1, 0.15) is 12.2 Å². The molecular formula is C30H36N2O7. The van der Waals surface area contributed by atoms with Crippen molar-refractivity contribution in [2.45, 2.75) is 57.1 Å². The van der Waals surface area contributed by atoms with Crippen LogP contribution < -0.4 is 14.8 Å². The van der Waals surface area contributed by atoms with Crippen molar-refractivity contribution in [3.63, 3.8) is 0 Å². The number of nitrogens with zero attached hydrogens (tertiary/aromatic N) is 1. The van der Waals surface area contributed by atoms with Crippen LogP contribution in [0.15, 0.2) is 60.7 Å². The first-order chi connectivity index (χ1) is 18.8. The number of hydrogen-bond donors (Lipinski definition) is 4. The van der Waals surface area contributed by atoms with Gasteiger partial charge in [-0.05, 0) is 42.7 Å². The summed E-state index contributed by atoms with van der Waals surface area (Å²) in [7, 11) is 1.48. The molecule has 2 amide bonds. The number of hydrogen-bond acceptors (Lipinski definition) is 7. The van der Waals surface area contributed by atoms with Crippen molar-refractivity contribution in [2.75, 3.05) is 20.3 Å². The smallest absolute Gasteiger partial charge is 0.247 e. The summed E-state index contributed by atoms with van der Waals surface area (Å²) in [5.41, 5.74) is 3.45. The maximum atomic E-state index is 13.5. The summed E-state index contributed by atoms with van der Waals surface area (Å²) in [6.07, 6.45) is 1.91. The summed E-state index contributed by atoms with van der Waals surface area (Å²) in [5, 5.41) is 33.5. The number of benzene rings is 2. The molecule has 9 nitrogen and oxygen atoms in total. The van der Waals surface area contributed by atoms with Gasteiger partial charge in [0.15, 0.2) is 11.5 Å². The Hall–Kier alpha value is -3.66. The van der Waals surface area contributed by atoms with Crippen LogP contribution in [0.25, 0.3) is 0 Å². The summed E-state index contributed by atoms with van der Waals surface area (Å²) in [4.78, 5) is 28.5. The minimum Gasteiger partial charge on any atom is -0.493 e. The van der Waals surface area contributed by atoms with Gasteiger partial charge in [-0.1, -0.05) is 35.9 Å². The molecule has 1 aliphatic heterocycles. The molecule has 39 heavy (non-hydrogen) atoms. The number of nitrogens with one attached hydrogen (secondary N) is 1. The number of aliphatic hydroxyl groups excluding tert-OH is 3. The summed E-state index contributed by atoms with van der Waals surface area (Å²) >= 11 is 0. The lowest BCUT2D eigenvalue weighted by Gasteiger charge is -2.41. The molecule has 4 unspecified atom stereocenters. The lowest BCUT2D eigenvalue weighted by molar-refractivity contribution is -0.138. The van der Waals surface area contributed by atoms with E-state index in [1.165, 1.54) is 7.11 Å². The number of rotatable bonds is 11. The van der Waals surface area contributed by atoms with Gasteiger partial charge in [0, 0.05) is 30.6 Å². The molecule has 4 atom stereocenters. The molecular weight excluding hydrogens is 500 g/mol. The molecule has 0 saturated carbocycles. The van der Waals surface area contributed by atoms with Gasteiger partial charge in [0.2, 0.25) is 11.8 Å². The van der Waals surface area contributed by atoms with Crippen LogP contribution in [0.5, 0.6) is 11.5 Å². The van der Waals surface area contributed by atoms with E-state index in [1.54, 1.807) is 29.2 Å². The van der Waals surface area contributed by atoms with E-state index in [0.717, 1.165) is 11.1 Å². The fourth-order valence-electron chi connectivity index (χ4n) is 5.24. The molecule has 1 heterocycles. The second-order valence-corrected chi connectivity index (χ2v) is 9.85. The van der Waals surface area contributed by atoms with E-state index >= 15 is 0 Å². The Balaban J connectivity index is 1.80. The van der Waals surface area contributed by atoms with Crippen LogP contribution in [0.2, 0.25) is 0 Å². The molecule has 2 aromatic carbocycles. The quantitative estimate of drug-likeness (QED) is 0.324. The minimum atomic E-state index is -1.17. The first kappa shape index (κ1) is 28.4. The zero-order valence-electron chi connectivity index (χ0n) is 22.3. The van der Waals surface area contributed by atoms with Crippen LogP contribution in [0.4, 0.5) is 0 Å². The van der Waals surface area contributed by atoms with Gasteiger partial charge in [-0.15, -0.1) is 6.58 Å². The fraction of sp³-hybridized carbons (Fsp3) is 0.400. The van der Waals surface area contributed by atoms with Crippen molar-refractivity contribution >= 4 is 11.8 Å². The van der Waals surface area contributed by atoms with Crippen molar-refractivity contribution in [1.82, 2.24) is 10.2 Å². The summed E-state index contributed by atoms with van der Waals surface area (Å²) in [6, 6.07) is 10.3. The molecule has 1 aliphatic carbocycles. The van der Waals surface area contributed by atoms with Crippen LogP contribution in [0, 0.1) is 6.92 Å². The molecule has 0 aromatic heterocycles. The summed E-state index contributed by atoms with van der Waals surface area (Å²) in [5.74, 6) is -0.541. The lowest BCUT2D eigenvalue weighted by atomic mass is 9.77. The van der Waals surface area contributed by atoms with Crippen LogP contribution in [-0.4, -0.2) is 70.5 Å². The van der Waals surface area contributed by atoms with Gasteiger partial charge >= 0.3 is 0 Å². The van der Waals surface area contributed by atoms with Gasteiger partial charge in [-0.3, -0.25) is 9.59 Å². The largest absolute Gasteiger partial charge is 0.493 e. The summed E-state index contributed by atoms with van der Waals surface area (Å²) in [6.45, 7) is 5.48.